The van der Waals surface area contributed by atoms with Gasteiger partial charge in [0.2, 0.25) is 5.95 Å². The lowest BCUT2D eigenvalue weighted by Gasteiger charge is -2.26. The fourth-order valence-electron chi connectivity index (χ4n) is 2.90. The van der Waals surface area contributed by atoms with Gasteiger partial charge in [0.15, 0.2) is 0 Å². The van der Waals surface area contributed by atoms with Crippen LogP contribution in [0.15, 0.2) is 18.3 Å². The molecule has 2 aromatic rings. The van der Waals surface area contributed by atoms with E-state index in [1.807, 2.05) is 25.3 Å². The van der Waals surface area contributed by atoms with E-state index in [0.717, 1.165) is 47.9 Å². The first-order valence-electron chi connectivity index (χ1n) is 7.42. The lowest BCUT2D eigenvalue weighted by molar-refractivity contribution is 0.126. The molecule has 1 heterocycles. The van der Waals surface area contributed by atoms with Crippen LogP contribution in [0.4, 0.5) is 5.95 Å². The molecule has 0 radical (unpaired) electrons. The summed E-state index contributed by atoms with van der Waals surface area (Å²) in [5.74, 6) is 1.44. The van der Waals surface area contributed by atoms with Crippen molar-refractivity contribution in [1.29, 1.82) is 0 Å². The molecule has 0 unspecified atom stereocenters. The molecule has 1 aromatic carbocycles. The summed E-state index contributed by atoms with van der Waals surface area (Å²) in [6.45, 7) is 2.01. The topological polar surface area (TPSA) is 67.3 Å². The first kappa shape index (κ1) is 14.1. The van der Waals surface area contributed by atoms with E-state index in [2.05, 4.69) is 15.3 Å². The van der Waals surface area contributed by atoms with Crippen molar-refractivity contribution < 1.29 is 9.84 Å². The van der Waals surface area contributed by atoms with Crippen molar-refractivity contribution in [3.8, 4) is 5.75 Å². The number of nitrogens with zero attached hydrogens (tertiary/aromatic N) is 2. The van der Waals surface area contributed by atoms with E-state index in [1.54, 1.807) is 7.11 Å². The number of aromatic nitrogens is 2. The van der Waals surface area contributed by atoms with Gasteiger partial charge in [-0.3, -0.25) is 0 Å². The summed E-state index contributed by atoms with van der Waals surface area (Å²) >= 11 is 0. The van der Waals surface area contributed by atoms with Gasteiger partial charge in [-0.25, -0.2) is 9.97 Å². The average Bonchev–Trinajstić information content (AvgIpc) is 2.49. The Kier molecular flexibility index (Phi) is 3.92. The van der Waals surface area contributed by atoms with E-state index in [0.29, 0.717) is 12.0 Å². The molecule has 0 aliphatic heterocycles. The summed E-state index contributed by atoms with van der Waals surface area (Å²) in [6, 6.07) is 4.36. The van der Waals surface area contributed by atoms with Crippen molar-refractivity contribution in [3.63, 3.8) is 0 Å². The van der Waals surface area contributed by atoms with Gasteiger partial charge in [-0.1, -0.05) is 12.1 Å². The maximum absolute atomic E-state index is 9.56. The number of methoxy groups -OCH3 is 1. The van der Waals surface area contributed by atoms with Crippen molar-refractivity contribution >= 4 is 16.9 Å². The number of anilines is 1. The predicted octanol–water partition coefficient (Wildman–Crippen LogP) is 2.66. The van der Waals surface area contributed by atoms with Gasteiger partial charge in [-0.15, -0.1) is 0 Å². The smallest absolute Gasteiger partial charge is 0.223 e. The summed E-state index contributed by atoms with van der Waals surface area (Å²) in [4.78, 5) is 9.00. The second-order valence-corrected chi connectivity index (χ2v) is 5.70. The fourth-order valence-corrected chi connectivity index (χ4v) is 2.90. The van der Waals surface area contributed by atoms with Gasteiger partial charge in [0.1, 0.15) is 11.3 Å². The molecule has 5 heteroatoms. The third-order valence-electron chi connectivity index (χ3n) is 4.14. The minimum atomic E-state index is -0.150. The molecule has 21 heavy (non-hydrogen) atoms. The Hall–Kier alpha value is -1.88. The zero-order valence-corrected chi connectivity index (χ0v) is 12.5. The zero-order valence-electron chi connectivity index (χ0n) is 12.5. The van der Waals surface area contributed by atoms with Crippen molar-refractivity contribution in [2.75, 3.05) is 12.4 Å². The molecule has 0 bridgehead atoms. The highest BCUT2D eigenvalue weighted by molar-refractivity contribution is 5.86. The first-order valence-corrected chi connectivity index (χ1v) is 7.42. The third-order valence-corrected chi connectivity index (χ3v) is 4.14. The van der Waals surface area contributed by atoms with E-state index < -0.39 is 0 Å². The van der Waals surface area contributed by atoms with E-state index in [4.69, 9.17) is 4.74 Å². The maximum atomic E-state index is 9.56. The molecule has 3 rings (SSSR count). The van der Waals surface area contributed by atoms with Gasteiger partial charge in [0, 0.05) is 17.6 Å². The van der Waals surface area contributed by atoms with Gasteiger partial charge in [0.05, 0.1) is 13.2 Å². The molecule has 0 spiro atoms. The molecule has 5 nitrogen and oxygen atoms in total. The van der Waals surface area contributed by atoms with Crippen molar-refractivity contribution in [2.24, 2.45) is 0 Å². The van der Waals surface area contributed by atoms with Crippen LogP contribution in [0.5, 0.6) is 5.75 Å². The van der Waals surface area contributed by atoms with Crippen molar-refractivity contribution in [3.05, 3.63) is 23.9 Å². The SMILES string of the molecule is COc1c(C)ccc2cnc(NC3CCC(O)CC3)nc12. The van der Waals surface area contributed by atoms with E-state index in [-0.39, 0.29) is 6.10 Å². The number of hydrogen-bond donors (Lipinski definition) is 2. The molecule has 112 valence electrons. The number of benzene rings is 1. The van der Waals surface area contributed by atoms with Crippen LogP contribution in [-0.4, -0.2) is 34.3 Å². The van der Waals surface area contributed by atoms with Gasteiger partial charge in [-0.2, -0.15) is 0 Å². The lowest BCUT2D eigenvalue weighted by Crippen LogP contribution is -2.28. The van der Waals surface area contributed by atoms with E-state index >= 15 is 0 Å². The van der Waals surface area contributed by atoms with Gasteiger partial charge in [-0.05, 0) is 38.2 Å². The number of aliphatic hydroxyl groups excluding tert-OH is 1. The highest BCUT2D eigenvalue weighted by atomic mass is 16.5. The summed E-state index contributed by atoms with van der Waals surface area (Å²) in [6.07, 6.45) is 5.26. The fraction of sp³-hybridized carbons (Fsp3) is 0.500. The molecule has 1 aromatic heterocycles. The molecule has 1 saturated carbocycles. The number of nitrogens with one attached hydrogen (secondary N) is 1. The number of aryl methyl sites for hydroxylation is 1. The van der Waals surface area contributed by atoms with Crippen molar-refractivity contribution in [1.82, 2.24) is 9.97 Å². The van der Waals surface area contributed by atoms with Crippen LogP contribution in [0.1, 0.15) is 31.2 Å². The predicted molar refractivity (Wildman–Crippen MR) is 82.7 cm³/mol. The second-order valence-electron chi connectivity index (χ2n) is 5.70. The van der Waals surface area contributed by atoms with Crippen molar-refractivity contribution in [2.45, 2.75) is 44.8 Å². The number of ether oxygens (including phenoxy) is 1. The number of hydrogen-bond acceptors (Lipinski definition) is 5. The van der Waals surface area contributed by atoms with Crippen LogP contribution in [0, 0.1) is 6.92 Å². The van der Waals surface area contributed by atoms with E-state index in [9.17, 15) is 5.11 Å². The monoisotopic (exact) mass is 287 g/mol. The van der Waals surface area contributed by atoms with Gasteiger partial charge < -0.3 is 15.2 Å². The largest absolute Gasteiger partial charge is 0.494 e. The minimum Gasteiger partial charge on any atom is -0.494 e. The molecular weight excluding hydrogens is 266 g/mol. The molecule has 1 fully saturated rings. The van der Waals surface area contributed by atoms with Crippen LogP contribution < -0.4 is 10.1 Å². The molecule has 1 aliphatic rings. The van der Waals surface area contributed by atoms with Crippen LogP contribution in [0.25, 0.3) is 10.9 Å². The number of fused-ring (bicyclic) bond motifs is 1. The molecule has 0 saturated heterocycles. The van der Waals surface area contributed by atoms with Crippen LogP contribution in [0.2, 0.25) is 0 Å². The van der Waals surface area contributed by atoms with Crippen LogP contribution in [-0.2, 0) is 0 Å². The van der Waals surface area contributed by atoms with Gasteiger partial charge >= 0.3 is 0 Å². The standard InChI is InChI=1S/C16H21N3O2/c1-10-3-4-11-9-17-16(19-14(11)15(10)21-2)18-12-5-7-13(20)8-6-12/h3-4,9,12-13,20H,5-8H2,1-2H3,(H,17,18,19). The molecule has 1 aliphatic carbocycles. The Bertz CT molecular complexity index is 637. The Morgan fingerprint density at radius 3 is 2.71 bits per heavy atom. The Balaban J connectivity index is 1.86. The Morgan fingerprint density at radius 2 is 2.00 bits per heavy atom. The summed E-state index contributed by atoms with van der Waals surface area (Å²) in [7, 11) is 1.67. The Morgan fingerprint density at radius 1 is 1.24 bits per heavy atom. The lowest BCUT2D eigenvalue weighted by atomic mass is 9.93. The first-order chi connectivity index (χ1) is 10.2. The average molecular weight is 287 g/mol. The quantitative estimate of drug-likeness (QED) is 0.908. The number of aliphatic hydroxyl groups is 1. The molecule has 0 amide bonds. The third kappa shape index (κ3) is 2.93. The van der Waals surface area contributed by atoms with Crippen LogP contribution in [0.3, 0.4) is 0 Å². The van der Waals surface area contributed by atoms with E-state index in [1.165, 1.54) is 0 Å². The highest BCUT2D eigenvalue weighted by Gasteiger charge is 2.20. The summed E-state index contributed by atoms with van der Waals surface area (Å²) in [5, 5.41) is 13.9. The molecular formula is C16H21N3O2. The number of rotatable bonds is 3. The molecule has 2 N–H and O–H groups in total. The minimum absolute atomic E-state index is 0.150. The maximum Gasteiger partial charge on any atom is 0.223 e. The van der Waals surface area contributed by atoms with Crippen LogP contribution >= 0.6 is 0 Å². The zero-order chi connectivity index (χ0) is 14.8. The summed E-state index contributed by atoms with van der Waals surface area (Å²) < 4.78 is 5.47. The normalized spacial score (nSPS) is 22.2. The highest BCUT2D eigenvalue weighted by Crippen LogP contribution is 2.28. The summed E-state index contributed by atoms with van der Waals surface area (Å²) in [5.41, 5.74) is 1.90. The van der Waals surface area contributed by atoms with Gasteiger partial charge in [0.25, 0.3) is 0 Å². The Labute approximate surface area is 124 Å². The second kappa shape index (κ2) is 5.85. The molecule has 0 atom stereocenters.